The van der Waals surface area contributed by atoms with Gasteiger partial charge < -0.3 is 9.84 Å². The number of nitrogens with zero attached hydrogens (tertiary/aromatic N) is 1. The zero-order chi connectivity index (χ0) is 14.0. The van der Waals surface area contributed by atoms with Crippen molar-refractivity contribution in [2.45, 2.75) is 26.4 Å². The van der Waals surface area contributed by atoms with Gasteiger partial charge in [-0.15, -0.1) is 0 Å². The second-order valence-corrected chi connectivity index (χ2v) is 4.88. The molecule has 1 atom stereocenters. The third-order valence-corrected chi connectivity index (χ3v) is 3.47. The highest BCUT2D eigenvalue weighted by Gasteiger charge is 2.47. The first-order valence-corrected chi connectivity index (χ1v) is 5.59. The smallest absolute Gasteiger partial charge is 0.314 e. The summed E-state index contributed by atoms with van der Waals surface area (Å²) in [4.78, 5) is 11.8. The Bertz CT molecular complexity index is 498. The summed E-state index contributed by atoms with van der Waals surface area (Å²) in [6, 6.07) is 8.59. The minimum absolute atomic E-state index is 0.438. The van der Waals surface area contributed by atoms with Gasteiger partial charge in [-0.1, -0.05) is 12.1 Å². The number of carbonyl (C=O) groups is 1. The van der Waals surface area contributed by atoms with E-state index < -0.39 is 17.0 Å². The molecule has 0 aromatic heterocycles. The van der Waals surface area contributed by atoms with E-state index in [1.165, 1.54) is 7.11 Å². The fourth-order valence-electron chi connectivity index (χ4n) is 1.71. The molecule has 0 spiro atoms. The molecule has 0 amide bonds. The summed E-state index contributed by atoms with van der Waals surface area (Å²) in [7, 11) is 1.28. The Hall–Kier alpha value is -1.86. The molecule has 4 nitrogen and oxygen atoms in total. The zero-order valence-electron chi connectivity index (χ0n) is 11.0. The monoisotopic (exact) mass is 247 g/mol. The molecule has 0 radical (unpaired) electrons. The van der Waals surface area contributed by atoms with E-state index in [0.717, 1.165) is 0 Å². The van der Waals surface area contributed by atoms with Crippen molar-refractivity contribution in [2.24, 2.45) is 5.41 Å². The summed E-state index contributed by atoms with van der Waals surface area (Å²) in [6.45, 7) is 4.76. The number of benzene rings is 1. The normalized spacial score (nSPS) is 14.4. The molecule has 4 heteroatoms. The number of methoxy groups -OCH3 is 1. The first-order valence-electron chi connectivity index (χ1n) is 5.59. The van der Waals surface area contributed by atoms with Crippen molar-refractivity contribution in [1.29, 1.82) is 5.26 Å². The number of esters is 1. The third kappa shape index (κ3) is 2.22. The van der Waals surface area contributed by atoms with Crippen LogP contribution in [0.4, 0.5) is 0 Å². The molecule has 1 N–H and O–H groups in total. The van der Waals surface area contributed by atoms with E-state index >= 15 is 0 Å². The highest BCUT2D eigenvalue weighted by molar-refractivity contribution is 5.77. The van der Waals surface area contributed by atoms with Crippen LogP contribution in [0.1, 0.15) is 31.9 Å². The molecule has 1 unspecified atom stereocenters. The average molecular weight is 247 g/mol. The fraction of sp³-hybridized carbons (Fsp3) is 0.429. The highest BCUT2D eigenvalue weighted by Crippen LogP contribution is 2.40. The molecule has 1 rings (SSSR count). The maximum atomic E-state index is 11.8. The minimum Gasteiger partial charge on any atom is -0.469 e. The van der Waals surface area contributed by atoms with Crippen LogP contribution in [0.3, 0.4) is 0 Å². The molecule has 1 aromatic carbocycles. The number of nitriles is 1. The lowest BCUT2D eigenvalue weighted by Gasteiger charge is -2.37. The van der Waals surface area contributed by atoms with Crippen molar-refractivity contribution < 1.29 is 14.6 Å². The maximum absolute atomic E-state index is 11.8. The van der Waals surface area contributed by atoms with E-state index in [1.54, 1.807) is 45.0 Å². The van der Waals surface area contributed by atoms with Crippen LogP contribution in [0.2, 0.25) is 0 Å². The summed E-state index contributed by atoms with van der Waals surface area (Å²) >= 11 is 0. The van der Waals surface area contributed by atoms with Gasteiger partial charge in [0.05, 0.1) is 24.2 Å². The molecule has 0 aliphatic rings. The molecule has 1 aromatic rings. The van der Waals surface area contributed by atoms with Crippen LogP contribution >= 0.6 is 0 Å². The Morgan fingerprint density at radius 1 is 1.39 bits per heavy atom. The van der Waals surface area contributed by atoms with Gasteiger partial charge in [-0.2, -0.15) is 5.26 Å². The van der Waals surface area contributed by atoms with E-state index in [9.17, 15) is 9.90 Å². The molecule has 0 saturated heterocycles. The van der Waals surface area contributed by atoms with Gasteiger partial charge in [-0.3, -0.25) is 4.79 Å². The highest BCUT2D eigenvalue weighted by atomic mass is 16.5. The Balaban J connectivity index is 3.28. The zero-order valence-corrected chi connectivity index (χ0v) is 11.0. The molecule has 96 valence electrons. The van der Waals surface area contributed by atoms with Gasteiger partial charge >= 0.3 is 5.97 Å². The molecule has 18 heavy (non-hydrogen) atoms. The van der Waals surface area contributed by atoms with Crippen molar-refractivity contribution in [3.8, 4) is 6.07 Å². The lowest BCUT2D eigenvalue weighted by atomic mass is 9.72. The predicted molar refractivity (Wildman–Crippen MR) is 66.5 cm³/mol. The summed E-state index contributed by atoms with van der Waals surface area (Å²) in [5.74, 6) is -0.505. The largest absolute Gasteiger partial charge is 0.469 e. The van der Waals surface area contributed by atoms with Crippen LogP contribution in [0.5, 0.6) is 0 Å². The molecule has 0 aliphatic heterocycles. The SMILES string of the molecule is COC(=O)C(C)(C)C(C)(O)c1cccc(C#N)c1. The van der Waals surface area contributed by atoms with Gasteiger partial charge in [0.2, 0.25) is 0 Å². The molecule has 0 saturated carbocycles. The van der Waals surface area contributed by atoms with E-state index in [4.69, 9.17) is 10.00 Å². The minimum atomic E-state index is -1.42. The summed E-state index contributed by atoms with van der Waals surface area (Å²) in [6.07, 6.45) is 0. The van der Waals surface area contributed by atoms with E-state index in [2.05, 4.69) is 0 Å². The van der Waals surface area contributed by atoms with Crippen molar-refractivity contribution in [2.75, 3.05) is 7.11 Å². The van der Waals surface area contributed by atoms with E-state index in [1.807, 2.05) is 6.07 Å². The Kier molecular flexibility index (Phi) is 3.78. The summed E-state index contributed by atoms with van der Waals surface area (Å²) < 4.78 is 4.72. The molecule has 0 fully saturated rings. The predicted octanol–water partition coefficient (Wildman–Crippen LogP) is 1.96. The van der Waals surface area contributed by atoms with Gasteiger partial charge in [0.25, 0.3) is 0 Å². The lowest BCUT2D eigenvalue weighted by Crippen LogP contribution is -2.45. The van der Waals surface area contributed by atoms with Gasteiger partial charge in [-0.05, 0) is 38.5 Å². The van der Waals surface area contributed by atoms with Crippen molar-refractivity contribution in [3.63, 3.8) is 0 Å². The first-order chi connectivity index (χ1) is 8.27. The fourth-order valence-corrected chi connectivity index (χ4v) is 1.71. The number of carbonyl (C=O) groups excluding carboxylic acids is 1. The van der Waals surface area contributed by atoms with Crippen LogP contribution in [0.25, 0.3) is 0 Å². The third-order valence-electron chi connectivity index (χ3n) is 3.47. The van der Waals surface area contributed by atoms with Crippen LogP contribution in [-0.2, 0) is 15.1 Å². The quantitative estimate of drug-likeness (QED) is 0.829. The number of hydrogen-bond acceptors (Lipinski definition) is 4. The maximum Gasteiger partial charge on any atom is 0.314 e. The van der Waals surface area contributed by atoms with Gasteiger partial charge in [0.1, 0.15) is 5.60 Å². The van der Waals surface area contributed by atoms with Crippen LogP contribution < -0.4 is 0 Å². The van der Waals surface area contributed by atoms with Gasteiger partial charge in [0.15, 0.2) is 0 Å². The lowest BCUT2D eigenvalue weighted by molar-refractivity contribution is -0.167. The van der Waals surface area contributed by atoms with Crippen LogP contribution in [0.15, 0.2) is 24.3 Å². The Morgan fingerprint density at radius 2 is 2.00 bits per heavy atom. The molecule has 0 aliphatic carbocycles. The van der Waals surface area contributed by atoms with Crippen molar-refractivity contribution >= 4 is 5.97 Å². The second kappa shape index (κ2) is 4.79. The number of aliphatic hydroxyl groups is 1. The molecule has 0 bridgehead atoms. The summed E-state index contributed by atoms with van der Waals surface area (Å²) in [5.41, 5.74) is -1.59. The Morgan fingerprint density at radius 3 is 2.50 bits per heavy atom. The molecular formula is C14H17NO3. The first kappa shape index (κ1) is 14.2. The van der Waals surface area contributed by atoms with Gasteiger partial charge in [0, 0.05) is 0 Å². The van der Waals surface area contributed by atoms with Crippen molar-refractivity contribution in [1.82, 2.24) is 0 Å². The average Bonchev–Trinajstić information content (AvgIpc) is 2.37. The summed E-state index contributed by atoms with van der Waals surface area (Å²) in [5, 5.41) is 19.5. The van der Waals surface area contributed by atoms with Crippen molar-refractivity contribution in [3.05, 3.63) is 35.4 Å². The second-order valence-electron chi connectivity index (χ2n) is 4.88. The van der Waals surface area contributed by atoms with Crippen LogP contribution in [-0.4, -0.2) is 18.2 Å². The number of ether oxygens (including phenoxy) is 1. The van der Waals surface area contributed by atoms with E-state index in [0.29, 0.717) is 11.1 Å². The topological polar surface area (TPSA) is 70.3 Å². The number of hydrogen-bond donors (Lipinski definition) is 1. The van der Waals surface area contributed by atoms with Gasteiger partial charge in [-0.25, -0.2) is 0 Å². The molecule has 0 heterocycles. The standard InChI is InChI=1S/C14H17NO3/c1-13(2,12(16)18-4)14(3,17)11-7-5-6-10(8-11)9-15/h5-8,17H,1-4H3. The van der Waals surface area contributed by atoms with Crippen LogP contribution in [0, 0.1) is 16.7 Å². The molecular weight excluding hydrogens is 230 g/mol. The number of rotatable bonds is 3. The van der Waals surface area contributed by atoms with E-state index in [-0.39, 0.29) is 0 Å². The Labute approximate surface area is 107 Å².